The van der Waals surface area contributed by atoms with Gasteiger partial charge in [0.1, 0.15) is 25.0 Å². The fraction of sp³-hybridized carbons (Fsp3) is 0.680. The van der Waals surface area contributed by atoms with Crippen molar-refractivity contribution in [1.29, 1.82) is 0 Å². The molecule has 1 aromatic rings. The Morgan fingerprint density at radius 3 is 2.43 bits per heavy atom. The molecule has 0 unspecified atom stereocenters. The third-order valence-electron chi connectivity index (χ3n) is 7.86. The number of esters is 1. The molecule has 4 aliphatic carbocycles. The summed E-state index contributed by atoms with van der Waals surface area (Å²) in [4.78, 5) is 28.3. The van der Waals surface area contributed by atoms with Gasteiger partial charge in [0, 0.05) is 6.54 Å². The van der Waals surface area contributed by atoms with E-state index in [2.05, 4.69) is 0 Å². The van der Waals surface area contributed by atoms with Crippen LogP contribution >= 0.6 is 0 Å². The molecule has 5 aliphatic rings. The van der Waals surface area contributed by atoms with E-state index >= 15 is 0 Å². The third kappa shape index (κ3) is 3.72. The molecule has 0 spiro atoms. The standard InChI is InChI=1S/C25H33NO4/c1-17-4-2-5-21(10-17)29-8-9-30-23(27)22-6-3-7-26(22)24(28)25-14-18-11-19(15-25)13-20(12-18)16-25/h2,4-5,10,18-20,22H,3,6-9,11-16H2,1H3/t18?,19?,20?,22-,25?/m0/s1. The van der Waals surface area contributed by atoms with Gasteiger partial charge in [0.15, 0.2) is 0 Å². The second kappa shape index (κ2) is 7.90. The summed E-state index contributed by atoms with van der Waals surface area (Å²) in [6.07, 6.45) is 8.69. The zero-order valence-corrected chi connectivity index (χ0v) is 18.0. The number of nitrogens with zero attached hydrogens (tertiary/aromatic N) is 1. The fourth-order valence-electron chi connectivity index (χ4n) is 7.04. The number of aryl methyl sites for hydroxylation is 1. The summed E-state index contributed by atoms with van der Waals surface area (Å²) in [6, 6.07) is 7.41. The highest BCUT2D eigenvalue weighted by molar-refractivity contribution is 5.89. The van der Waals surface area contributed by atoms with Crippen LogP contribution in [0.4, 0.5) is 0 Å². The lowest BCUT2D eigenvalue weighted by Crippen LogP contribution is -2.56. The molecule has 0 N–H and O–H groups in total. The van der Waals surface area contributed by atoms with Crippen molar-refractivity contribution < 1.29 is 19.1 Å². The van der Waals surface area contributed by atoms with Gasteiger partial charge >= 0.3 is 5.97 Å². The van der Waals surface area contributed by atoms with Crippen LogP contribution < -0.4 is 4.74 Å². The van der Waals surface area contributed by atoms with E-state index in [0.29, 0.717) is 13.2 Å². The zero-order chi connectivity index (χ0) is 20.7. The van der Waals surface area contributed by atoms with Crippen molar-refractivity contribution in [3.8, 4) is 5.75 Å². The molecule has 1 atom stereocenters. The van der Waals surface area contributed by atoms with Crippen LogP contribution in [0.1, 0.15) is 56.9 Å². The first-order valence-electron chi connectivity index (χ1n) is 11.7. The van der Waals surface area contributed by atoms with Crippen molar-refractivity contribution >= 4 is 11.9 Å². The normalized spacial score (nSPS) is 34.2. The maximum absolute atomic E-state index is 13.7. The van der Waals surface area contributed by atoms with E-state index < -0.39 is 6.04 Å². The molecule has 0 radical (unpaired) electrons. The van der Waals surface area contributed by atoms with Crippen molar-refractivity contribution in [2.75, 3.05) is 19.8 Å². The first-order chi connectivity index (χ1) is 14.5. The number of carbonyl (C=O) groups excluding carboxylic acids is 2. The summed E-state index contributed by atoms with van der Waals surface area (Å²) >= 11 is 0. The molecule has 5 heteroatoms. The van der Waals surface area contributed by atoms with Gasteiger partial charge in [0.25, 0.3) is 0 Å². The van der Waals surface area contributed by atoms with Crippen LogP contribution in [0.15, 0.2) is 24.3 Å². The van der Waals surface area contributed by atoms with Crippen LogP contribution in [0.2, 0.25) is 0 Å². The summed E-state index contributed by atoms with van der Waals surface area (Å²) in [7, 11) is 0. The Kier molecular flexibility index (Phi) is 5.24. The summed E-state index contributed by atoms with van der Waals surface area (Å²) in [5.74, 6) is 2.95. The van der Waals surface area contributed by atoms with Crippen molar-refractivity contribution in [2.24, 2.45) is 23.2 Å². The van der Waals surface area contributed by atoms with Crippen molar-refractivity contribution in [3.63, 3.8) is 0 Å². The molecule has 30 heavy (non-hydrogen) atoms. The largest absolute Gasteiger partial charge is 0.490 e. The van der Waals surface area contributed by atoms with E-state index in [1.807, 2.05) is 36.1 Å². The average Bonchev–Trinajstić information content (AvgIpc) is 3.19. The number of rotatable bonds is 6. The molecule has 0 aromatic heterocycles. The maximum atomic E-state index is 13.7. The summed E-state index contributed by atoms with van der Waals surface area (Å²) in [5, 5.41) is 0. The molecule has 1 heterocycles. The van der Waals surface area contributed by atoms with Gasteiger partial charge in [-0.05, 0) is 93.7 Å². The van der Waals surface area contributed by atoms with Crippen molar-refractivity contribution in [2.45, 2.75) is 64.3 Å². The Balaban J connectivity index is 1.17. The first kappa shape index (κ1) is 19.9. The zero-order valence-electron chi connectivity index (χ0n) is 18.0. The first-order valence-corrected chi connectivity index (χ1v) is 11.7. The number of likely N-dealkylation sites (tertiary alicyclic amines) is 1. The summed E-state index contributed by atoms with van der Waals surface area (Å²) < 4.78 is 11.2. The van der Waals surface area contributed by atoms with Gasteiger partial charge in [0.2, 0.25) is 5.91 Å². The van der Waals surface area contributed by atoms with Gasteiger partial charge in [-0.1, -0.05) is 12.1 Å². The Hall–Kier alpha value is -2.04. The molecular formula is C25H33NO4. The molecule has 6 rings (SSSR count). The van der Waals surface area contributed by atoms with Crippen LogP contribution in [0.25, 0.3) is 0 Å². The number of benzene rings is 1. The van der Waals surface area contributed by atoms with Crippen LogP contribution in [0, 0.1) is 30.1 Å². The monoisotopic (exact) mass is 411 g/mol. The lowest BCUT2D eigenvalue weighted by molar-refractivity contribution is -0.165. The van der Waals surface area contributed by atoms with Gasteiger partial charge in [-0.25, -0.2) is 4.79 Å². The number of amides is 1. The topological polar surface area (TPSA) is 55.8 Å². The quantitative estimate of drug-likeness (QED) is 0.522. The van der Waals surface area contributed by atoms with Crippen LogP contribution in [0.5, 0.6) is 5.75 Å². The third-order valence-corrected chi connectivity index (χ3v) is 7.86. The molecule has 162 valence electrons. The number of hydrogen-bond acceptors (Lipinski definition) is 4. The molecule has 4 saturated carbocycles. The minimum Gasteiger partial charge on any atom is -0.490 e. The summed E-state index contributed by atoms with van der Waals surface area (Å²) in [5.41, 5.74) is 0.945. The predicted molar refractivity (Wildman–Crippen MR) is 113 cm³/mol. The molecule has 1 aliphatic heterocycles. The Labute approximate surface area is 179 Å². The Morgan fingerprint density at radius 1 is 1.07 bits per heavy atom. The van der Waals surface area contributed by atoms with Crippen LogP contribution in [0.3, 0.4) is 0 Å². The van der Waals surface area contributed by atoms with Crippen LogP contribution in [-0.4, -0.2) is 42.6 Å². The van der Waals surface area contributed by atoms with Gasteiger partial charge in [0.05, 0.1) is 5.41 Å². The molecule has 1 aromatic carbocycles. The van der Waals surface area contributed by atoms with E-state index in [4.69, 9.17) is 9.47 Å². The lowest BCUT2D eigenvalue weighted by Gasteiger charge is -2.56. The smallest absolute Gasteiger partial charge is 0.328 e. The highest BCUT2D eigenvalue weighted by Gasteiger charge is 2.56. The van der Waals surface area contributed by atoms with Crippen molar-refractivity contribution in [1.82, 2.24) is 4.90 Å². The second-order valence-corrected chi connectivity index (χ2v) is 10.2. The minimum absolute atomic E-state index is 0.189. The molecule has 1 amide bonds. The predicted octanol–water partition coefficient (Wildman–Crippen LogP) is 4.12. The van der Waals surface area contributed by atoms with Gasteiger partial charge < -0.3 is 14.4 Å². The van der Waals surface area contributed by atoms with E-state index in [9.17, 15) is 9.59 Å². The minimum atomic E-state index is -0.413. The van der Waals surface area contributed by atoms with Gasteiger partial charge in [-0.2, -0.15) is 0 Å². The van der Waals surface area contributed by atoms with Crippen LogP contribution in [-0.2, 0) is 14.3 Å². The molecular weight excluding hydrogens is 378 g/mol. The number of hydrogen-bond donors (Lipinski definition) is 0. The van der Waals surface area contributed by atoms with Gasteiger partial charge in [-0.15, -0.1) is 0 Å². The molecule has 5 fully saturated rings. The second-order valence-electron chi connectivity index (χ2n) is 10.2. The number of ether oxygens (including phenoxy) is 2. The van der Waals surface area contributed by atoms with E-state index in [0.717, 1.165) is 61.2 Å². The Morgan fingerprint density at radius 2 is 1.77 bits per heavy atom. The average molecular weight is 412 g/mol. The highest BCUT2D eigenvalue weighted by atomic mass is 16.6. The van der Waals surface area contributed by atoms with E-state index in [1.165, 1.54) is 19.3 Å². The number of carbonyl (C=O) groups is 2. The van der Waals surface area contributed by atoms with E-state index in [-0.39, 0.29) is 23.9 Å². The SMILES string of the molecule is Cc1cccc(OCCOC(=O)[C@@H]2CCCN2C(=O)C23CC4CC(CC(C4)C2)C3)c1. The fourth-order valence-corrected chi connectivity index (χ4v) is 7.04. The van der Waals surface area contributed by atoms with Crippen molar-refractivity contribution in [3.05, 3.63) is 29.8 Å². The Bertz CT molecular complexity index is 784. The van der Waals surface area contributed by atoms with E-state index in [1.54, 1.807) is 0 Å². The molecule has 5 nitrogen and oxygen atoms in total. The molecule has 1 saturated heterocycles. The highest BCUT2D eigenvalue weighted by Crippen LogP contribution is 2.60. The summed E-state index contributed by atoms with van der Waals surface area (Å²) in [6.45, 7) is 3.25. The maximum Gasteiger partial charge on any atom is 0.328 e. The molecule has 4 bridgehead atoms. The lowest BCUT2D eigenvalue weighted by atomic mass is 9.49. The van der Waals surface area contributed by atoms with Gasteiger partial charge in [-0.3, -0.25) is 4.79 Å².